The lowest BCUT2D eigenvalue weighted by molar-refractivity contribution is -0.121. The van der Waals surface area contributed by atoms with E-state index >= 15 is 0 Å². The van der Waals surface area contributed by atoms with Crippen LogP contribution in [-0.2, 0) is 19.6 Å². The number of halogens is 1. The maximum atomic E-state index is 14.2. The van der Waals surface area contributed by atoms with E-state index in [0.29, 0.717) is 31.6 Å². The van der Waals surface area contributed by atoms with Gasteiger partial charge >= 0.3 is 0 Å². The first-order valence-corrected chi connectivity index (χ1v) is 12.0. The number of nitrogens with zero attached hydrogens (tertiary/aromatic N) is 1. The van der Waals surface area contributed by atoms with Gasteiger partial charge in [0, 0.05) is 30.6 Å². The average molecular weight is 426 g/mol. The third kappa shape index (κ3) is 5.76. The van der Waals surface area contributed by atoms with E-state index in [1.807, 2.05) is 0 Å². The lowest BCUT2D eigenvalue weighted by Gasteiger charge is -2.29. The molecule has 29 heavy (non-hydrogen) atoms. The van der Waals surface area contributed by atoms with Crippen molar-refractivity contribution >= 4 is 33.2 Å². The van der Waals surface area contributed by atoms with E-state index < -0.39 is 15.8 Å². The Hall–Kier alpha value is -2.00. The summed E-state index contributed by atoms with van der Waals surface area (Å²) in [6.45, 7) is 0.617. The topological polar surface area (TPSA) is 95.6 Å². The van der Waals surface area contributed by atoms with Gasteiger partial charge in [0.2, 0.25) is 21.8 Å². The number of hydrogen-bond acceptors (Lipinski definition) is 4. The molecule has 0 radical (unpaired) electrons. The van der Waals surface area contributed by atoms with Gasteiger partial charge in [-0.25, -0.2) is 17.1 Å². The van der Waals surface area contributed by atoms with Crippen molar-refractivity contribution < 1.29 is 22.4 Å². The normalized spacial score (nSPS) is 19.7. The summed E-state index contributed by atoms with van der Waals surface area (Å²) in [5.41, 5.74) is 0.464. The fraction of sp³-hybridized carbons (Fsp3) is 0.600. The fourth-order valence-corrected chi connectivity index (χ4v) is 4.87. The Bertz CT molecular complexity index is 860. The van der Waals surface area contributed by atoms with Crippen LogP contribution in [0.3, 0.4) is 0 Å². The average Bonchev–Trinajstić information content (AvgIpc) is 2.70. The van der Waals surface area contributed by atoms with Gasteiger partial charge in [-0.15, -0.1) is 0 Å². The summed E-state index contributed by atoms with van der Waals surface area (Å²) in [4.78, 5) is 24.9. The predicted octanol–water partition coefficient (Wildman–Crippen LogP) is 2.95. The van der Waals surface area contributed by atoms with E-state index in [9.17, 15) is 22.4 Å². The third-order valence-corrected chi connectivity index (χ3v) is 7.06. The van der Waals surface area contributed by atoms with E-state index in [-0.39, 0.29) is 29.3 Å². The zero-order chi connectivity index (χ0) is 21.0. The minimum absolute atomic E-state index is 0.0604. The van der Waals surface area contributed by atoms with Crippen molar-refractivity contribution in [2.24, 2.45) is 11.8 Å². The zero-order valence-electron chi connectivity index (χ0n) is 16.6. The molecule has 1 aromatic rings. The van der Waals surface area contributed by atoms with Crippen LogP contribution in [0, 0.1) is 17.7 Å². The number of nitrogens with one attached hydrogen (secondary N) is 2. The van der Waals surface area contributed by atoms with Gasteiger partial charge < -0.3 is 10.6 Å². The van der Waals surface area contributed by atoms with E-state index in [1.165, 1.54) is 22.5 Å². The maximum Gasteiger partial charge on any atom is 0.227 e. The first-order chi connectivity index (χ1) is 13.7. The van der Waals surface area contributed by atoms with Crippen LogP contribution >= 0.6 is 0 Å². The Morgan fingerprint density at radius 3 is 2.17 bits per heavy atom. The van der Waals surface area contributed by atoms with Crippen molar-refractivity contribution in [1.29, 1.82) is 0 Å². The van der Waals surface area contributed by atoms with Gasteiger partial charge in [-0.2, -0.15) is 0 Å². The van der Waals surface area contributed by atoms with Crippen LogP contribution in [0.2, 0.25) is 0 Å². The second-order valence-electron chi connectivity index (χ2n) is 7.94. The Balaban J connectivity index is 1.59. The molecule has 2 N–H and O–H groups in total. The number of benzene rings is 1. The van der Waals surface area contributed by atoms with E-state index in [1.54, 1.807) is 0 Å². The minimum Gasteiger partial charge on any atom is -0.326 e. The zero-order valence-corrected chi connectivity index (χ0v) is 17.4. The molecule has 9 heteroatoms. The molecule has 160 valence electrons. The molecule has 0 unspecified atom stereocenters. The summed E-state index contributed by atoms with van der Waals surface area (Å²) in [6.07, 6.45) is 6.81. The Kier molecular flexibility index (Phi) is 6.89. The van der Waals surface area contributed by atoms with Crippen LogP contribution in [0.5, 0.6) is 0 Å². The molecule has 1 aliphatic carbocycles. The van der Waals surface area contributed by atoms with Crippen molar-refractivity contribution in [3.63, 3.8) is 0 Å². The van der Waals surface area contributed by atoms with Crippen molar-refractivity contribution in [3.05, 3.63) is 24.0 Å². The van der Waals surface area contributed by atoms with Crippen LogP contribution < -0.4 is 10.6 Å². The maximum absolute atomic E-state index is 14.2. The van der Waals surface area contributed by atoms with Crippen molar-refractivity contribution in [2.75, 3.05) is 30.0 Å². The van der Waals surface area contributed by atoms with Crippen LogP contribution in [0.1, 0.15) is 44.9 Å². The lowest BCUT2D eigenvalue weighted by Crippen LogP contribution is -2.40. The van der Waals surface area contributed by atoms with Crippen molar-refractivity contribution in [3.8, 4) is 0 Å². The molecule has 0 spiro atoms. The lowest BCUT2D eigenvalue weighted by atomic mass is 9.88. The Labute approximate surface area is 171 Å². The number of piperidine rings is 1. The molecule has 7 nitrogen and oxygen atoms in total. The predicted molar refractivity (Wildman–Crippen MR) is 109 cm³/mol. The first kappa shape index (κ1) is 21.7. The Morgan fingerprint density at radius 2 is 1.55 bits per heavy atom. The molecule has 2 fully saturated rings. The molecule has 3 rings (SSSR count). The summed E-state index contributed by atoms with van der Waals surface area (Å²) in [6, 6.07) is 4.10. The number of anilines is 2. The molecule has 0 atom stereocenters. The molecule has 0 bridgehead atoms. The first-order valence-electron chi connectivity index (χ1n) is 10.1. The largest absolute Gasteiger partial charge is 0.326 e. The molecular formula is C20H28FN3O4S. The quantitative estimate of drug-likeness (QED) is 0.758. The highest BCUT2D eigenvalue weighted by molar-refractivity contribution is 7.88. The highest BCUT2D eigenvalue weighted by Gasteiger charge is 2.29. The molecule has 2 aliphatic rings. The number of carbonyl (C=O) groups is 2. The van der Waals surface area contributed by atoms with Crippen molar-refractivity contribution in [1.82, 2.24) is 4.31 Å². The molecule has 1 aromatic carbocycles. The summed E-state index contributed by atoms with van der Waals surface area (Å²) < 4.78 is 38.7. The van der Waals surface area contributed by atoms with Gasteiger partial charge in [-0.05, 0) is 43.9 Å². The number of amides is 2. The number of hydrogen-bond donors (Lipinski definition) is 2. The highest BCUT2D eigenvalue weighted by atomic mass is 32.2. The monoisotopic (exact) mass is 425 g/mol. The van der Waals surface area contributed by atoms with Crippen LogP contribution in [0.15, 0.2) is 18.2 Å². The number of carbonyl (C=O) groups excluding carboxylic acids is 2. The van der Waals surface area contributed by atoms with E-state index in [0.717, 1.165) is 38.4 Å². The van der Waals surface area contributed by atoms with Crippen LogP contribution in [0.4, 0.5) is 15.8 Å². The standard InChI is InChI=1S/C20H28FN3O4S/c1-29(27,28)24-11-9-15(10-12-24)19(25)22-16-7-8-17(21)18(13-16)23-20(26)14-5-3-2-4-6-14/h7-8,13-15H,2-6,9-12H2,1H3,(H,22,25)(H,23,26). The van der Waals surface area contributed by atoms with Gasteiger partial charge in [0.05, 0.1) is 11.9 Å². The van der Waals surface area contributed by atoms with E-state index in [2.05, 4.69) is 10.6 Å². The molecular weight excluding hydrogens is 397 g/mol. The molecule has 1 aliphatic heterocycles. The van der Waals surface area contributed by atoms with Gasteiger partial charge in [-0.3, -0.25) is 9.59 Å². The van der Waals surface area contributed by atoms with Crippen LogP contribution in [0.25, 0.3) is 0 Å². The van der Waals surface area contributed by atoms with Gasteiger partial charge in [0.25, 0.3) is 0 Å². The number of sulfonamides is 1. The summed E-state index contributed by atoms with van der Waals surface area (Å²) >= 11 is 0. The second-order valence-corrected chi connectivity index (χ2v) is 9.93. The molecule has 1 saturated heterocycles. The molecule has 2 amide bonds. The van der Waals surface area contributed by atoms with Gasteiger partial charge in [-0.1, -0.05) is 19.3 Å². The summed E-state index contributed by atoms with van der Waals surface area (Å²) in [7, 11) is -3.25. The van der Waals surface area contributed by atoms with Gasteiger partial charge in [0.1, 0.15) is 5.82 Å². The fourth-order valence-electron chi connectivity index (χ4n) is 3.99. The smallest absolute Gasteiger partial charge is 0.227 e. The van der Waals surface area contributed by atoms with Gasteiger partial charge in [0.15, 0.2) is 0 Å². The summed E-state index contributed by atoms with van der Waals surface area (Å²) in [5, 5.41) is 5.42. The molecule has 1 saturated carbocycles. The third-order valence-electron chi connectivity index (χ3n) is 5.76. The summed E-state index contributed by atoms with van der Waals surface area (Å²) in [5.74, 6) is -1.36. The molecule has 1 heterocycles. The van der Waals surface area contributed by atoms with E-state index in [4.69, 9.17) is 0 Å². The van der Waals surface area contributed by atoms with Crippen molar-refractivity contribution in [2.45, 2.75) is 44.9 Å². The minimum atomic E-state index is -3.25. The molecule has 0 aromatic heterocycles. The Morgan fingerprint density at radius 1 is 0.966 bits per heavy atom. The number of rotatable bonds is 5. The SMILES string of the molecule is CS(=O)(=O)N1CCC(C(=O)Nc2ccc(F)c(NC(=O)C3CCCCC3)c2)CC1. The highest BCUT2D eigenvalue weighted by Crippen LogP contribution is 2.27. The van der Waals surface area contributed by atoms with Crippen LogP contribution in [-0.4, -0.2) is 43.9 Å². The second kappa shape index (κ2) is 9.21.